The highest BCUT2D eigenvalue weighted by Gasteiger charge is 2.22. The highest BCUT2D eigenvalue weighted by molar-refractivity contribution is 5.97. The van der Waals surface area contributed by atoms with Crippen LogP contribution in [0.15, 0.2) is 11.8 Å². The third-order valence-corrected chi connectivity index (χ3v) is 4.14. The molecule has 2 saturated heterocycles. The van der Waals surface area contributed by atoms with Crippen molar-refractivity contribution in [2.45, 2.75) is 51.5 Å². The first-order valence-corrected chi connectivity index (χ1v) is 7.39. The van der Waals surface area contributed by atoms with E-state index in [9.17, 15) is 10.1 Å². The number of nitrogens with zero attached hydrogens (tertiary/aromatic N) is 3. The van der Waals surface area contributed by atoms with Crippen molar-refractivity contribution in [1.29, 1.82) is 5.26 Å². The number of piperidine rings is 2. The third-order valence-electron chi connectivity index (χ3n) is 4.14. The molecule has 0 N–H and O–H groups in total. The maximum absolute atomic E-state index is 12.3. The van der Waals surface area contributed by atoms with Crippen LogP contribution < -0.4 is 0 Å². The van der Waals surface area contributed by atoms with Crippen molar-refractivity contribution >= 4 is 5.91 Å². The van der Waals surface area contributed by atoms with Crippen LogP contribution in [0.25, 0.3) is 0 Å². The summed E-state index contributed by atoms with van der Waals surface area (Å²) >= 11 is 0. The summed E-state index contributed by atoms with van der Waals surface area (Å²) in [6, 6.07) is 2.53. The lowest BCUT2D eigenvalue weighted by Gasteiger charge is -2.33. The lowest BCUT2D eigenvalue weighted by molar-refractivity contribution is -0.127. The van der Waals surface area contributed by atoms with Crippen LogP contribution in [-0.4, -0.2) is 41.4 Å². The highest BCUT2D eigenvalue weighted by atomic mass is 16.2. The molecule has 4 nitrogen and oxygen atoms in total. The van der Waals surface area contributed by atoms with Gasteiger partial charge in [0.2, 0.25) is 0 Å². The number of rotatable bonds is 2. The molecular weight excluding hydrogens is 238 g/mol. The van der Waals surface area contributed by atoms with E-state index in [2.05, 4.69) is 17.9 Å². The molecule has 0 saturated carbocycles. The highest BCUT2D eigenvalue weighted by Crippen LogP contribution is 2.19. The number of nitriles is 1. The summed E-state index contributed by atoms with van der Waals surface area (Å²) in [6.45, 7) is 4.72. The van der Waals surface area contributed by atoms with E-state index >= 15 is 0 Å². The fraction of sp³-hybridized carbons (Fsp3) is 0.733. The number of hydrogen-bond donors (Lipinski definition) is 0. The Morgan fingerprint density at radius 1 is 1.16 bits per heavy atom. The van der Waals surface area contributed by atoms with E-state index in [0.29, 0.717) is 11.6 Å². The van der Waals surface area contributed by atoms with Crippen LogP contribution in [0.4, 0.5) is 0 Å². The van der Waals surface area contributed by atoms with Gasteiger partial charge < -0.3 is 9.80 Å². The minimum absolute atomic E-state index is 0.0834. The zero-order valence-corrected chi connectivity index (χ0v) is 11.8. The summed E-state index contributed by atoms with van der Waals surface area (Å²) in [4.78, 5) is 16.3. The Morgan fingerprint density at radius 2 is 1.84 bits per heavy atom. The maximum Gasteiger partial charge on any atom is 0.266 e. The van der Waals surface area contributed by atoms with E-state index in [0.717, 1.165) is 45.3 Å². The fourth-order valence-corrected chi connectivity index (χ4v) is 2.88. The van der Waals surface area contributed by atoms with Crippen molar-refractivity contribution in [3.63, 3.8) is 0 Å². The van der Waals surface area contributed by atoms with Crippen molar-refractivity contribution in [2.24, 2.45) is 0 Å². The van der Waals surface area contributed by atoms with Crippen LogP contribution in [-0.2, 0) is 4.79 Å². The van der Waals surface area contributed by atoms with Crippen molar-refractivity contribution in [3.05, 3.63) is 11.8 Å². The van der Waals surface area contributed by atoms with Crippen LogP contribution >= 0.6 is 0 Å². The molecule has 2 heterocycles. The van der Waals surface area contributed by atoms with Crippen molar-refractivity contribution < 1.29 is 4.79 Å². The summed E-state index contributed by atoms with van der Waals surface area (Å²) in [5, 5.41) is 9.25. The maximum atomic E-state index is 12.3. The second-order valence-corrected chi connectivity index (χ2v) is 5.59. The summed E-state index contributed by atoms with van der Waals surface area (Å²) < 4.78 is 0. The first kappa shape index (κ1) is 13.9. The van der Waals surface area contributed by atoms with Gasteiger partial charge in [-0.25, -0.2) is 0 Å². The van der Waals surface area contributed by atoms with Crippen LogP contribution in [0.2, 0.25) is 0 Å². The molecule has 19 heavy (non-hydrogen) atoms. The van der Waals surface area contributed by atoms with Gasteiger partial charge in [-0.05, 0) is 45.4 Å². The first-order valence-electron chi connectivity index (χ1n) is 7.39. The van der Waals surface area contributed by atoms with Gasteiger partial charge >= 0.3 is 0 Å². The Bertz CT molecular complexity index is 391. The molecule has 4 heteroatoms. The smallest absolute Gasteiger partial charge is 0.266 e. The lowest BCUT2D eigenvalue weighted by atomic mass is 10.0. The standard InChI is InChI=1S/C15H23N3O/c1-13-7-3-6-10-18(13)12-14(11-16)15(19)17-8-4-2-5-9-17/h12-13H,2-10H2,1H3/b14-12-. The Balaban J connectivity index is 2.05. The van der Waals surface area contributed by atoms with Gasteiger partial charge in [0.25, 0.3) is 5.91 Å². The molecule has 0 aromatic carbocycles. The van der Waals surface area contributed by atoms with E-state index < -0.39 is 0 Å². The molecule has 1 unspecified atom stereocenters. The average molecular weight is 261 g/mol. The second-order valence-electron chi connectivity index (χ2n) is 5.59. The van der Waals surface area contributed by atoms with Crippen LogP contribution in [0.1, 0.15) is 45.4 Å². The minimum Gasteiger partial charge on any atom is -0.373 e. The molecule has 2 aliphatic rings. The third kappa shape index (κ3) is 3.50. The van der Waals surface area contributed by atoms with Crippen LogP contribution in [0, 0.1) is 11.3 Å². The Kier molecular flexibility index (Phi) is 4.84. The molecule has 0 aliphatic carbocycles. The van der Waals surface area contributed by atoms with E-state index in [1.54, 1.807) is 6.20 Å². The average Bonchev–Trinajstić information content (AvgIpc) is 2.47. The quantitative estimate of drug-likeness (QED) is 0.566. The number of carbonyl (C=O) groups excluding carboxylic acids is 1. The van der Waals surface area contributed by atoms with Gasteiger partial charge in [0.1, 0.15) is 11.6 Å². The largest absolute Gasteiger partial charge is 0.373 e. The van der Waals surface area contributed by atoms with Gasteiger partial charge in [0, 0.05) is 31.9 Å². The molecule has 0 spiro atoms. The molecule has 0 aromatic rings. The van der Waals surface area contributed by atoms with E-state index in [1.165, 1.54) is 12.8 Å². The van der Waals surface area contributed by atoms with Crippen molar-refractivity contribution in [3.8, 4) is 6.07 Å². The molecule has 1 atom stereocenters. The zero-order valence-electron chi connectivity index (χ0n) is 11.8. The van der Waals surface area contributed by atoms with Crippen LogP contribution in [0.5, 0.6) is 0 Å². The minimum atomic E-state index is -0.0834. The van der Waals surface area contributed by atoms with Gasteiger partial charge in [-0.3, -0.25) is 4.79 Å². The van der Waals surface area contributed by atoms with Crippen molar-refractivity contribution in [2.75, 3.05) is 19.6 Å². The van der Waals surface area contributed by atoms with Gasteiger partial charge in [-0.15, -0.1) is 0 Å². The predicted octanol–water partition coefficient (Wildman–Crippen LogP) is 2.28. The summed E-state index contributed by atoms with van der Waals surface area (Å²) in [5.74, 6) is -0.0834. The second kappa shape index (κ2) is 6.60. The Morgan fingerprint density at radius 3 is 2.47 bits per heavy atom. The van der Waals surface area contributed by atoms with E-state index in [1.807, 2.05) is 4.90 Å². The van der Waals surface area contributed by atoms with Gasteiger partial charge in [-0.1, -0.05) is 0 Å². The number of likely N-dealkylation sites (tertiary alicyclic amines) is 2. The SMILES string of the molecule is CC1CCCCN1/C=C(/C#N)C(=O)N1CCCCC1. The summed E-state index contributed by atoms with van der Waals surface area (Å²) in [7, 11) is 0. The monoisotopic (exact) mass is 261 g/mol. The fourth-order valence-electron chi connectivity index (χ4n) is 2.88. The normalized spacial score (nSPS) is 25.1. The molecule has 0 radical (unpaired) electrons. The first-order chi connectivity index (χ1) is 9.22. The van der Waals surface area contributed by atoms with Gasteiger partial charge in [0.05, 0.1) is 0 Å². The number of hydrogen-bond acceptors (Lipinski definition) is 3. The molecule has 2 aliphatic heterocycles. The summed E-state index contributed by atoms with van der Waals surface area (Å²) in [5.41, 5.74) is 0.302. The van der Waals surface area contributed by atoms with Gasteiger partial charge in [0.15, 0.2) is 0 Å². The molecule has 2 rings (SSSR count). The van der Waals surface area contributed by atoms with Gasteiger partial charge in [-0.2, -0.15) is 5.26 Å². The number of amides is 1. The summed E-state index contributed by atoms with van der Waals surface area (Å²) in [6.07, 6.45) is 8.65. The molecule has 0 aromatic heterocycles. The zero-order chi connectivity index (χ0) is 13.7. The topological polar surface area (TPSA) is 47.3 Å². The van der Waals surface area contributed by atoms with E-state index in [-0.39, 0.29) is 5.91 Å². The molecular formula is C15H23N3O. The predicted molar refractivity (Wildman–Crippen MR) is 74.1 cm³/mol. The number of carbonyl (C=O) groups is 1. The van der Waals surface area contributed by atoms with Crippen LogP contribution in [0.3, 0.4) is 0 Å². The molecule has 1 amide bonds. The molecule has 2 fully saturated rings. The van der Waals surface area contributed by atoms with Crippen molar-refractivity contribution in [1.82, 2.24) is 9.80 Å². The lowest BCUT2D eigenvalue weighted by Crippen LogP contribution is -2.38. The Labute approximate surface area is 115 Å². The Hall–Kier alpha value is -1.50. The molecule has 0 bridgehead atoms. The molecule has 104 valence electrons. The van der Waals surface area contributed by atoms with E-state index in [4.69, 9.17) is 0 Å².